The van der Waals surface area contributed by atoms with E-state index in [4.69, 9.17) is 9.47 Å². The van der Waals surface area contributed by atoms with Crippen LogP contribution in [0.2, 0.25) is 0 Å². The summed E-state index contributed by atoms with van der Waals surface area (Å²) in [7, 11) is 0. The topological polar surface area (TPSA) is 151 Å². The second-order valence-corrected chi connectivity index (χ2v) is 11.8. The number of aliphatic hydroxyl groups is 4. The van der Waals surface area contributed by atoms with E-state index in [0.29, 0.717) is 11.1 Å². The minimum Gasteiger partial charge on any atom is -0.453 e. The molecular weight excluding hydrogens is 504 g/mol. The quantitative estimate of drug-likeness (QED) is 0.331. The number of aliphatic hydroxyl groups excluding tert-OH is 3. The lowest BCUT2D eigenvalue weighted by Gasteiger charge is -2.64. The van der Waals surface area contributed by atoms with E-state index in [1.165, 1.54) is 31.2 Å². The van der Waals surface area contributed by atoms with Crippen molar-refractivity contribution in [1.29, 1.82) is 0 Å². The average Bonchev–Trinajstić information content (AvgIpc) is 2.87. The van der Waals surface area contributed by atoms with Crippen molar-refractivity contribution in [3.05, 3.63) is 59.2 Å². The van der Waals surface area contributed by atoms with Gasteiger partial charge in [0, 0.05) is 24.7 Å². The molecule has 0 saturated heterocycles. The van der Waals surface area contributed by atoms with Crippen molar-refractivity contribution >= 4 is 17.7 Å². The summed E-state index contributed by atoms with van der Waals surface area (Å²) in [5.41, 5.74) is -6.25. The van der Waals surface area contributed by atoms with Crippen LogP contribution < -0.4 is 0 Å². The second-order valence-electron chi connectivity index (χ2n) is 11.8. The van der Waals surface area contributed by atoms with Gasteiger partial charge >= 0.3 is 11.9 Å². The van der Waals surface area contributed by atoms with E-state index in [-0.39, 0.29) is 12.0 Å². The summed E-state index contributed by atoms with van der Waals surface area (Å²) in [5, 5.41) is 45.7. The van der Waals surface area contributed by atoms with Gasteiger partial charge in [-0.25, -0.2) is 4.79 Å². The molecular formula is C30H38O9. The number of benzene rings is 1. The van der Waals surface area contributed by atoms with E-state index in [1.54, 1.807) is 45.9 Å². The first kappa shape index (κ1) is 29.1. The number of rotatable bonds is 4. The predicted molar refractivity (Wildman–Crippen MR) is 140 cm³/mol. The van der Waals surface area contributed by atoms with Gasteiger partial charge in [-0.3, -0.25) is 9.59 Å². The molecule has 0 heterocycles. The summed E-state index contributed by atoms with van der Waals surface area (Å²) in [6, 6.07) is 7.99. The maximum Gasteiger partial charge on any atom is 0.338 e. The standard InChI is InChI=1S/C30H38O9/c1-16-22(34)14-29(37)26(38-25(36)19-10-8-7-9-11-19)30(39-18(3)32)20(15-31)21(33)12-13-28(30,6)24(35)17(2)23(16)27(29,4)5/h7-13,17,20-22,26,31,33-34,37H,14-15H2,1-6H3/t17-,20-,21-,22+,26-,28+,29-,30-/m1/s1. The van der Waals surface area contributed by atoms with Gasteiger partial charge in [0.1, 0.15) is 5.60 Å². The fourth-order valence-electron chi connectivity index (χ4n) is 7.45. The Morgan fingerprint density at radius 2 is 1.72 bits per heavy atom. The molecule has 0 amide bonds. The van der Waals surface area contributed by atoms with Crippen LogP contribution in [0.4, 0.5) is 0 Å². The van der Waals surface area contributed by atoms with Crippen molar-refractivity contribution in [3.63, 3.8) is 0 Å². The van der Waals surface area contributed by atoms with E-state index in [9.17, 15) is 34.8 Å². The molecule has 9 heteroatoms. The molecule has 0 unspecified atom stereocenters. The SMILES string of the molecule is CC(=O)O[C@@]12[C@H](CO)[C@H](O)C=C[C@@]1(C)C(=O)[C@H](C)C1=C(C)[C@@H](O)C[C@@](O)([C@H]2OC(=O)c2ccccc2)C1(C)C. The lowest BCUT2D eigenvalue weighted by Crippen LogP contribution is -2.79. The number of ketones is 1. The maximum atomic E-state index is 14.5. The van der Waals surface area contributed by atoms with Crippen LogP contribution in [0.15, 0.2) is 53.6 Å². The lowest BCUT2D eigenvalue weighted by molar-refractivity contribution is -0.281. The molecule has 2 bridgehead atoms. The average molecular weight is 543 g/mol. The number of fused-ring (bicyclic) bond motifs is 3. The fourth-order valence-corrected chi connectivity index (χ4v) is 7.45. The molecule has 8 atom stereocenters. The zero-order chi connectivity index (χ0) is 29.1. The van der Waals surface area contributed by atoms with Crippen molar-refractivity contribution in [2.75, 3.05) is 6.61 Å². The molecule has 1 aromatic rings. The van der Waals surface area contributed by atoms with Crippen LogP contribution in [0, 0.1) is 22.7 Å². The summed E-state index contributed by atoms with van der Waals surface area (Å²) < 4.78 is 12.1. The van der Waals surface area contributed by atoms with Crippen molar-refractivity contribution in [1.82, 2.24) is 0 Å². The highest BCUT2D eigenvalue weighted by Crippen LogP contribution is 2.63. The number of ether oxygens (including phenoxy) is 2. The smallest absolute Gasteiger partial charge is 0.338 e. The van der Waals surface area contributed by atoms with Crippen LogP contribution >= 0.6 is 0 Å². The van der Waals surface area contributed by atoms with E-state index in [1.807, 2.05) is 0 Å². The largest absolute Gasteiger partial charge is 0.453 e. The van der Waals surface area contributed by atoms with Crippen LogP contribution in [-0.2, 0) is 19.1 Å². The molecule has 3 aliphatic carbocycles. The van der Waals surface area contributed by atoms with E-state index < -0.39 is 76.5 Å². The second kappa shape index (κ2) is 9.66. The Balaban J connectivity index is 2.15. The van der Waals surface area contributed by atoms with Gasteiger partial charge in [-0.05, 0) is 37.1 Å². The fraction of sp³-hybridized carbons (Fsp3) is 0.567. The summed E-state index contributed by atoms with van der Waals surface area (Å²) in [4.78, 5) is 40.9. The van der Waals surface area contributed by atoms with Gasteiger partial charge in [-0.2, -0.15) is 0 Å². The van der Waals surface area contributed by atoms with Crippen LogP contribution in [0.1, 0.15) is 58.3 Å². The first-order valence-electron chi connectivity index (χ1n) is 13.2. The molecule has 1 aromatic carbocycles. The molecule has 1 fully saturated rings. The van der Waals surface area contributed by atoms with Crippen LogP contribution in [-0.4, -0.2) is 74.3 Å². The van der Waals surface area contributed by atoms with Crippen molar-refractivity contribution in [2.45, 2.75) is 77.5 Å². The van der Waals surface area contributed by atoms with Gasteiger partial charge in [0.2, 0.25) is 0 Å². The number of esters is 2. The lowest BCUT2D eigenvalue weighted by atomic mass is 9.45. The minimum atomic E-state index is -2.25. The van der Waals surface area contributed by atoms with Crippen LogP contribution in [0.5, 0.6) is 0 Å². The van der Waals surface area contributed by atoms with Crippen LogP contribution in [0.3, 0.4) is 0 Å². The Hall–Kier alpha value is -2.85. The van der Waals surface area contributed by atoms with Gasteiger partial charge in [0.25, 0.3) is 0 Å². The Labute approximate surface area is 228 Å². The number of Topliss-reactive ketones (excluding diaryl/α,β-unsaturated/α-hetero) is 1. The summed E-state index contributed by atoms with van der Waals surface area (Å²) in [6.07, 6.45) is -1.97. The number of carbonyl (C=O) groups is 3. The normalized spacial score (nSPS) is 39.3. The van der Waals surface area contributed by atoms with Gasteiger partial charge in [0.15, 0.2) is 17.5 Å². The van der Waals surface area contributed by atoms with E-state index in [0.717, 1.165) is 6.92 Å². The molecule has 1 saturated carbocycles. The molecule has 212 valence electrons. The molecule has 0 radical (unpaired) electrons. The number of hydrogen-bond donors (Lipinski definition) is 4. The molecule has 3 aliphatic rings. The maximum absolute atomic E-state index is 14.5. The van der Waals surface area contributed by atoms with E-state index in [2.05, 4.69) is 0 Å². The first-order valence-corrected chi connectivity index (χ1v) is 13.2. The third kappa shape index (κ3) is 3.93. The Morgan fingerprint density at radius 1 is 1.10 bits per heavy atom. The van der Waals surface area contributed by atoms with Gasteiger partial charge in [-0.15, -0.1) is 0 Å². The van der Waals surface area contributed by atoms with Gasteiger partial charge in [-0.1, -0.05) is 51.1 Å². The van der Waals surface area contributed by atoms with Gasteiger partial charge < -0.3 is 29.9 Å². The first-order chi connectivity index (χ1) is 18.1. The molecule has 4 rings (SSSR count). The van der Waals surface area contributed by atoms with Crippen molar-refractivity contribution < 1.29 is 44.3 Å². The summed E-state index contributed by atoms with van der Waals surface area (Å²) in [5.74, 6) is -4.42. The highest BCUT2D eigenvalue weighted by Gasteiger charge is 2.76. The molecule has 0 spiro atoms. The van der Waals surface area contributed by atoms with Crippen molar-refractivity contribution in [3.8, 4) is 0 Å². The highest BCUT2D eigenvalue weighted by molar-refractivity contribution is 5.94. The Kier molecular flexibility index (Phi) is 7.22. The molecule has 0 aromatic heterocycles. The van der Waals surface area contributed by atoms with Crippen molar-refractivity contribution in [2.24, 2.45) is 22.7 Å². The monoisotopic (exact) mass is 542 g/mol. The molecule has 9 nitrogen and oxygen atoms in total. The zero-order valence-corrected chi connectivity index (χ0v) is 23.2. The number of hydrogen-bond acceptors (Lipinski definition) is 9. The molecule has 0 aliphatic heterocycles. The summed E-state index contributed by atoms with van der Waals surface area (Å²) >= 11 is 0. The molecule has 4 N–H and O–H groups in total. The van der Waals surface area contributed by atoms with Gasteiger partial charge in [0.05, 0.1) is 35.7 Å². The Bertz CT molecular complexity index is 1230. The number of carbonyl (C=O) groups excluding carboxylic acids is 3. The minimum absolute atomic E-state index is 0.135. The summed E-state index contributed by atoms with van der Waals surface area (Å²) in [6.45, 7) is 8.60. The Morgan fingerprint density at radius 3 is 2.28 bits per heavy atom. The third-order valence-corrected chi connectivity index (χ3v) is 9.49. The highest BCUT2D eigenvalue weighted by atomic mass is 16.6. The molecule has 39 heavy (non-hydrogen) atoms. The van der Waals surface area contributed by atoms with E-state index >= 15 is 0 Å². The zero-order valence-electron chi connectivity index (χ0n) is 23.2. The predicted octanol–water partition coefficient (Wildman–Crippen LogP) is 2.12. The van der Waals surface area contributed by atoms with Crippen LogP contribution in [0.25, 0.3) is 0 Å². The third-order valence-electron chi connectivity index (χ3n) is 9.49.